The van der Waals surface area contributed by atoms with Gasteiger partial charge >= 0.3 is 0 Å². The van der Waals surface area contributed by atoms with Crippen LogP contribution in [0.3, 0.4) is 0 Å². The second-order valence-corrected chi connectivity index (χ2v) is 12.9. The van der Waals surface area contributed by atoms with E-state index >= 15 is 0 Å². The van der Waals surface area contributed by atoms with Gasteiger partial charge in [0.25, 0.3) is 0 Å². The van der Waals surface area contributed by atoms with Crippen LogP contribution in [0.1, 0.15) is 50.7 Å². The van der Waals surface area contributed by atoms with Crippen LogP contribution in [-0.2, 0) is 0 Å². The second kappa shape index (κ2) is 13.1. The summed E-state index contributed by atoms with van der Waals surface area (Å²) in [5.74, 6) is 1.76. The van der Waals surface area contributed by atoms with Gasteiger partial charge in [0.15, 0.2) is 0 Å². The average molecular weight is 609 g/mol. The summed E-state index contributed by atoms with van der Waals surface area (Å²) in [4.78, 5) is 4.90. The molecule has 2 nitrogen and oxygen atoms in total. The number of para-hydroxylation sites is 1. The summed E-state index contributed by atoms with van der Waals surface area (Å²) >= 11 is 0. The molecule has 0 bridgehead atoms. The molecule has 0 N–H and O–H groups in total. The molecule has 0 amide bonds. The molecule has 0 fully saturated rings. The standard InChI is InChI=1S/C45H40N2/c1-31(2)42-22-13-23-43(32(3)4)44(42)47-25-24-46-45(47)38-21-12-19-36(27-38)35-18-11-20-37(26-35)41-29-39(33-14-7-5-8-15-33)28-40(30-41)34-16-9-6-10-17-34/h5-32H,1-4H3. The molecule has 6 aromatic carbocycles. The molecule has 0 saturated heterocycles. The van der Waals surface area contributed by atoms with Crippen molar-refractivity contribution in [2.45, 2.75) is 39.5 Å². The summed E-state index contributed by atoms with van der Waals surface area (Å²) in [5.41, 5.74) is 14.6. The van der Waals surface area contributed by atoms with Gasteiger partial charge in [0.2, 0.25) is 0 Å². The van der Waals surface area contributed by atoms with Crippen LogP contribution in [0.25, 0.3) is 61.6 Å². The van der Waals surface area contributed by atoms with E-state index in [0.29, 0.717) is 11.8 Å². The first kappa shape index (κ1) is 30.2. The molecular formula is C45H40N2. The van der Waals surface area contributed by atoms with Crippen molar-refractivity contribution in [3.63, 3.8) is 0 Å². The maximum atomic E-state index is 4.90. The summed E-state index contributed by atoms with van der Waals surface area (Å²) in [5, 5.41) is 0. The van der Waals surface area contributed by atoms with Crippen LogP contribution < -0.4 is 0 Å². The third-order valence-corrected chi connectivity index (χ3v) is 9.02. The molecule has 0 unspecified atom stereocenters. The zero-order valence-corrected chi connectivity index (χ0v) is 27.6. The van der Waals surface area contributed by atoms with Gasteiger partial charge in [-0.05, 0) is 97.8 Å². The van der Waals surface area contributed by atoms with Gasteiger partial charge in [0.1, 0.15) is 5.82 Å². The molecule has 47 heavy (non-hydrogen) atoms. The molecule has 0 spiro atoms. The first-order chi connectivity index (χ1) is 23.0. The Hall–Kier alpha value is -5.47. The number of benzene rings is 6. The van der Waals surface area contributed by atoms with E-state index < -0.39 is 0 Å². The van der Waals surface area contributed by atoms with Gasteiger partial charge < -0.3 is 0 Å². The van der Waals surface area contributed by atoms with E-state index in [4.69, 9.17) is 4.98 Å². The van der Waals surface area contributed by atoms with Crippen molar-refractivity contribution in [2.75, 3.05) is 0 Å². The lowest BCUT2D eigenvalue weighted by Gasteiger charge is -2.22. The smallest absolute Gasteiger partial charge is 0.144 e. The molecule has 0 aliphatic carbocycles. The minimum Gasteiger partial charge on any atom is -0.299 e. The summed E-state index contributed by atoms with van der Waals surface area (Å²) in [7, 11) is 0. The van der Waals surface area contributed by atoms with E-state index in [9.17, 15) is 0 Å². The van der Waals surface area contributed by atoms with Crippen molar-refractivity contribution in [3.05, 3.63) is 169 Å². The maximum absolute atomic E-state index is 4.90. The normalized spacial score (nSPS) is 11.4. The van der Waals surface area contributed by atoms with Crippen LogP contribution in [-0.4, -0.2) is 9.55 Å². The Balaban J connectivity index is 1.30. The lowest BCUT2D eigenvalue weighted by atomic mass is 9.92. The topological polar surface area (TPSA) is 17.8 Å². The molecule has 0 saturated carbocycles. The van der Waals surface area contributed by atoms with Crippen LogP contribution in [0, 0.1) is 0 Å². The minimum absolute atomic E-state index is 0.399. The number of hydrogen-bond acceptors (Lipinski definition) is 1. The molecule has 7 rings (SSSR count). The SMILES string of the molecule is CC(C)c1cccc(C(C)C)c1-n1ccnc1-c1cccc(-c2cccc(-c3cc(-c4ccccc4)cc(-c4ccccc4)c3)c2)c1. The number of rotatable bonds is 8. The van der Waals surface area contributed by atoms with Gasteiger partial charge in [0.05, 0.1) is 5.69 Å². The molecular weight excluding hydrogens is 569 g/mol. The lowest BCUT2D eigenvalue weighted by Crippen LogP contribution is -2.07. The monoisotopic (exact) mass is 608 g/mol. The number of aromatic nitrogens is 2. The molecule has 0 radical (unpaired) electrons. The minimum atomic E-state index is 0.399. The van der Waals surface area contributed by atoms with Gasteiger partial charge in [-0.2, -0.15) is 0 Å². The predicted molar refractivity (Wildman–Crippen MR) is 199 cm³/mol. The highest BCUT2D eigenvalue weighted by atomic mass is 15.1. The van der Waals surface area contributed by atoms with Crippen LogP contribution in [0.5, 0.6) is 0 Å². The summed E-state index contributed by atoms with van der Waals surface area (Å²) in [6, 6.07) is 52.6. The second-order valence-electron chi connectivity index (χ2n) is 12.9. The Morgan fingerprint density at radius 1 is 0.404 bits per heavy atom. The summed E-state index contributed by atoms with van der Waals surface area (Å²) in [6.45, 7) is 9.08. The Kier molecular flexibility index (Phi) is 8.42. The first-order valence-electron chi connectivity index (χ1n) is 16.6. The number of nitrogens with zero attached hydrogens (tertiary/aromatic N) is 2. The predicted octanol–water partition coefficient (Wildman–Crippen LogP) is 12.5. The van der Waals surface area contributed by atoms with Crippen LogP contribution in [0.15, 0.2) is 158 Å². The first-order valence-corrected chi connectivity index (χ1v) is 16.6. The lowest BCUT2D eigenvalue weighted by molar-refractivity contribution is 0.807. The molecule has 1 aromatic heterocycles. The Morgan fingerprint density at radius 3 is 1.30 bits per heavy atom. The number of hydrogen-bond donors (Lipinski definition) is 0. The van der Waals surface area contributed by atoms with E-state index in [1.807, 2.05) is 6.20 Å². The summed E-state index contributed by atoms with van der Waals surface area (Å²) in [6.07, 6.45) is 4.04. The maximum Gasteiger partial charge on any atom is 0.144 e. The quantitative estimate of drug-likeness (QED) is 0.168. The highest BCUT2D eigenvalue weighted by molar-refractivity contribution is 5.83. The van der Waals surface area contributed by atoms with E-state index in [1.54, 1.807) is 0 Å². The molecule has 230 valence electrons. The van der Waals surface area contributed by atoms with E-state index in [2.05, 4.69) is 184 Å². The van der Waals surface area contributed by atoms with Crippen molar-refractivity contribution in [3.8, 4) is 61.6 Å². The third-order valence-electron chi connectivity index (χ3n) is 9.02. The fraction of sp³-hybridized carbons (Fsp3) is 0.133. The van der Waals surface area contributed by atoms with Gasteiger partial charge in [-0.25, -0.2) is 4.98 Å². The fourth-order valence-corrected chi connectivity index (χ4v) is 6.59. The van der Waals surface area contributed by atoms with E-state index in [0.717, 1.165) is 11.4 Å². The molecule has 0 atom stereocenters. The average Bonchev–Trinajstić information content (AvgIpc) is 3.62. The highest BCUT2D eigenvalue weighted by Crippen LogP contribution is 2.37. The van der Waals surface area contributed by atoms with Crippen LogP contribution >= 0.6 is 0 Å². The van der Waals surface area contributed by atoms with Crippen LogP contribution in [0.4, 0.5) is 0 Å². The zero-order valence-electron chi connectivity index (χ0n) is 27.6. The third kappa shape index (κ3) is 6.20. The molecule has 2 heteroatoms. The molecule has 0 aliphatic rings. The zero-order chi connectivity index (χ0) is 32.3. The molecule has 0 aliphatic heterocycles. The Labute approximate surface area is 279 Å². The molecule has 1 heterocycles. The van der Waals surface area contributed by atoms with Crippen molar-refractivity contribution >= 4 is 0 Å². The van der Waals surface area contributed by atoms with Crippen molar-refractivity contribution in [1.29, 1.82) is 0 Å². The van der Waals surface area contributed by atoms with Crippen molar-refractivity contribution in [2.24, 2.45) is 0 Å². The van der Waals surface area contributed by atoms with Gasteiger partial charge in [-0.1, -0.05) is 143 Å². The van der Waals surface area contributed by atoms with Gasteiger partial charge in [-0.15, -0.1) is 0 Å². The molecule has 7 aromatic rings. The highest BCUT2D eigenvalue weighted by Gasteiger charge is 2.19. The Morgan fingerprint density at radius 2 is 0.787 bits per heavy atom. The van der Waals surface area contributed by atoms with Crippen molar-refractivity contribution < 1.29 is 0 Å². The van der Waals surface area contributed by atoms with Crippen molar-refractivity contribution in [1.82, 2.24) is 9.55 Å². The fourth-order valence-electron chi connectivity index (χ4n) is 6.59. The van der Waals surface area contributed by atoms with Gasteiger partial charge in [-0.3, -0.25) is 4.57 Å². The summed E-state index contributed by atoms with van der Waals surface area (Å²) < 4.78 is 2.29. The largest absolute Gasteiger partial charge is 0.299 e. The van der Waals surface area contributed by atoms with Gasteiger partial charge in [0, 0.05) is 18.0 Å². The van der Waals surface area contributed by atoms with E-state index in [1.165, 1.54) is 61.3 Å². The van der Waals surface area contributed by atoms with E-state index in [-0.39, 0.29) is 0 Å². The Bertz CT molecular complexity index is 2050. The number of imidazole rings is 1. The van der Waals surface area contributed by atoms with Crippen LogP contribution in [0.2, 0.25) is 0 Å².